The van der Waals surface area contributed by atoms with Gasteiger partial charge in [0.1, 0.15) is 12.6 Å². The maximum atomic E-state index is 13.6. The van der Waals surface area contributed by atoms with Crippen molar-refractivity contribution in [3.8, 4) is 0 Å². The molecule has 2 amide bonds. The number of hydrogen-bond acceptors (Lipinski definition) is 6. The van der Waals surface area contributed by atoms with Crippen molar-refractivity contribution in [2.75, 3.05) is 20.3 Å². The lowest BCUT2D eigenvalue weighted by molar-refractivity contribution is -0.170. The number of ether oxygens (including phenoxy) is 3. The van der Waals surface area contributed by atoms with E-state index in [-0.39, 0.29) is 18.6 Å². The van der Waals surface area contributed by atoms with Crippen LogP contribution >= 0.6 is 0 Å². The van der Waals surface area contributed by atoms with Gasteiger partial charge in [0.05, 0.1) is 6.04 Å². The third-order valence-corrected chi connectivity index (χ3v) is 7.07. The molecule has 0 aliphatic heterocycles. The highest BCUT2D eigenvalue weighted by molar-refractivity contribution is 5.87. The fourth-order valence-electron chi connectivity index (χ4n) is 5.08. The van der Waals surface area contributed by atoms with Gasteiger partial charge in [0, 0.05) is 20.6 Å². The highest BCUT2D eigenvalue weighted by Crippen LogP contribution is 2.29. The molecule has 0 spiro atoms. The molecule has 0 aliphatic rings. The van der Waals surface area contributed by atoms with Crippen molar-refractivity contribution in [1.29, 1.82) is 0 Å². The molecule has 0 aromatic heterocycles. The molecular formula is C34H44N2O6. The Balaban J connectivity index is 1.75. The summed E-state index contributed by atoms with van der Waals surface area (Å²) in [5.41, 5.74) is 3.40. The Morgan fingerprint density at radius 1 is 0.905 bits per heavy atom. The molecule has 1 N–H and O–H groups in total. The van der Waals surface area contributed by atoms with Gasteiger partial charge in [0.15, 0.2) is 0 Å². The van der Waals surface area contributed by atoms with Crippen molar-refractivity contribution >= 4 is 28.7 Å². The second-order valence-electron chi connectivity index (χ2n) is 11.1. The average Bonchev–Trinajstić information content (AvgIpc) is 2.94. The molecule has 3 rings (SSSR count). The first-order chi connectivity index (χ1) is 20.1. The van der Waals surface area contributed by atoms with Crippen LogP contribution < -0.4 is 5.32 Å². The van der Waals surface area contributed by atoms with Gasteiger partial charge < -0.3 is 24.4 Å². The van der Waals surface area contributed by atoms with Gasteiger partial charge in [-0.15, -0.1) is 0 Å². The van der Waals surface area contributed by atoms with E-state index in [2.05, 4.69) is 36.5 Å². The third-order valence-electron chi connectivity index (χ3n) is 7.07. The fourth-order valence-corrected chi connectivity index (χ4v) is 5.08. The van der Waals surface area contributed by atoms with E-state index in [0.717, 1.165) is 29.2 Å². The Morgan fingerprint density at radius 3 is 2.33 bits per heavy atom. The lowest BCUT2D eigenvalue weighted by Gasteiger charge is -2.31. The lowest BCUT2D eigenvalue weighted by atomic mass is 9.98. The van der Waals surface area contributed by atoms with Gasteiger partial charge in [-0.1, -0.05) is 86.1 Å². The van der Waals surface area contributed by atoms with Gasteiger partial charge in [0.25, 0.3) is 0 Å². The van der Waals surface area contributed by atoms with Crippen LogP contribution in [0, 0.1) is 12.8 Å². The number of amides is 2. The average molecular weight is 577 g/mol. The first-order valence-electron chi connectivity index (χ1n) is 14.6. The van der Waals surface area contributed by atoms with Crippen LogP contribution in [0.3, 0.4) is 0 Å². The van der Waals surface area contributed by atoms with E-state index in [9.17, 15) is 14.4 Å². The molecule has 3 aromatic rings. The minimum Gasteiger partial charge on any atom is -0.424 e. The van der Waals surface area contributed by atoms with Crippen molar-refractivity contribution in [3.05, 3.63) is 83.4 Å². The summed E-state index contributed by atoms with van der Waals surface area (Å²) < 4.78 is 16.0. The molecule has 0 aliphatic carbocycles. The highest BCUT2D eigenvalue weighted by atomic mass is 16.7. The predicted molar refractivity (Wildman–Crippen MR) is 164 cm³/mol. The molecule has 0 saturated heterocycles. The molecule has 1 unspecified atom stereocenters. The summed E-state index contributed by atoms with van der Waals surface area (Å²) in [6.45, 7) is 9.71. The maximum absolute atomic E-state index is 13.6. The smallest absolute Gasteiger partial charge is 0.413 e. The van der Waals surface area contributed by atoms with E-state index in [1.54, 1.807) is 4.90 Å². The number of nitrogens with one attached hydrogen (secondary N) is 1. The maximum Gasteiger partial charge on any atom is 0.413 e. The molecule has 8 nitrogen and oxygen atoms in total. The molecular weight excluding hydrogens is 532 g/mol. The number of hydrogen-bond donors (Lipinski definition) is 1. The molecule has 42 heavy (non-hydrogen) atoms. The van der Waals surface area contributed by atoms with Crippen LogP contribution in [0.1, 0.15) is 63.3 Å². The summed E-state index contributed by atoms with van der Waals surface area (Å²) in [4.78, 5) is 40.3. The van der Waals surface area contributed by atoms with Crippen molar-refractivity contribution in [2.45, 2.75) is 72.3 Å². The van der Waals surface area contributed by atoms with E-state index < -0.39 is 30.3 Å². The van der Waals surface area contributed by atoms with Gasteiger partial charge in [-0.05, 0) is 60.9 Å². The van der Waals surface area contributed by atoms with Crippen LogP contribution in [-0.4, -0.2) is 55.5 Å². The Kier molecular flexibility index (Phi) is 12.4. The number of benzene rings is 3. The molecule has 0 fully saturated rings. The summed E-state index contributed by atoms with van der Waals surface area (Å²) in [5, 5.41) is 4.79. The Morgan fingerprint density at radius 2 is 1.62 bits per heavy atom. The molecule has 0 bridgehead atoms. The standard InChI is InChI=1S/C34H44N2O6/c1-23(2)20-31(35-32(37)22-40-6)33(38)41-26(5)42-34(39)36(19-11-14-27-13-9-12-24(3)21-27)25(4)29-18-10-16-28-15-7-8-17-30(28)29/h7-10,12-13,15-18,21,23,25-26,31H,11,14,19-20,22H2,1-6H3,(H,35,37)/t25-,26?,31+/m1/s1. The van der Waals surface area contributed by atoms with Crippen molar-refractivity contribution in [3.63, 3.8) is 0 Å². The third kappa shape index (κ3) is 9.58. The second kappa shape index (κ2) is 15.9. The normalized spacial score (nSPS) is 13.3. The predicted octanol–water partition coefficient (Wildman–Crippen LogP) is 6.35. The van der Waals surface area contributed by atoms with Crippen LogP contribution in [0.4, 0.5) is 4.79 Å². The zero-order valence-electron chi connectivity index (χ0n) is 25.6. The second-order valence-corrected chi connectivity index (χ2v) is 11.1. The molecule has 226 valence electrons. The highest BCUT2D eigenvalue weighted by Gasteiger charge is 2.29. The van der Waals surface area contributed by atoms with Crippen molar-refractivity contribution in [2.24, 2.45) is 5.92 Å². The van der Waals surface area contributed by atoms with Gasteiger partial charge >= 0.3 is 12.1 Å². The van der Waals surface area contributed by atoms with Gasteiger partial charge in [0.2, 0.25) is 12.2 Å². The summed E-state index contributed by atoms with van der Waals surface area (Å²) >= 11 is 0. The number of aryl methyl sites for hydroxylation is 2. The van der Waals surface area contributed by atoms with Crippen LogP contribution in [-0.2, 0) is 30.2 Å². The summed E-state index contributed by atoms with van der Waals surface area (Å²) in [6.07, 6.45) is 0.167. The molecule has 0 radical (unpaired) electrons. The molecule has 0 heterocycles. The summed E-state index contributed by atoms with van der Waals surface area (Å²) in [5.74, 6) is -0.969. The number of nitrogens with zero attached hydrogens (tertiary/aromatic N) is 1. The Bertz CT molecular complexity index is 1340. The van der Waals surface area contributed by atoms with E-state index in [1.165, 1.54) is 25.2 Å². The minimum atomic E-state index is -1.15. The Hall–Kier alpha value is -3.91. The number of carbonyl (C=O) groups is 3. The monoisotopic (exact) mass is 576 g/mol. The number of methoxy groups -OCH3 is 1. The van der Waals surface area contributed by atoms with Gasteiger partial charge in [-0.25, -0.2) is 9.59 Å². The van der Waals surface area contributed by atoms with Gasteiger partial charge in [-0.3, -0.25) is 4.79 Å². The van der Waals surface area contributed by atoms with Crippen LogP contribution in [0.5, 0.6) is 0 Å². The number of rotatable bonds is 14. The van der Waals surface area contributed by atoms with E-state index in [1.807, 2.05) is 63.2 Å². The van der Waals surface area contributed by atoms with Crippen molar-refractivity contribution in [1.82, 2.24) is 10.2 Å². The first-order valence-corrected chi connectivity index (χ1v) is 14.6. The van der Waals surface area contributed by atoms with E-state index >= 15 is 0 Å². The Labute approximate surface area is 249 Å². The minimum absolute atomic E-state index is 0.119. The fraction of sp³-hybridized carbons (Fsp3) is 0.441. The van der Waals surface area contributed by atoms with Crippen LogP contribution in [0.2, 0.25) is 0 Å². The molecule has 0 saturated carbocycles. The largest absolute Gasteiger partial charge is 0.424 e. The first kappa shape index (κ1) is 32.6. The SMILES string of the molecule is COCC(=O)N[C@@H](CC(C)C)C(=O)OC(C)OC(=O)N(CCCc1cccc(C)c1)[C@H](C)c1cccc2ccccc12. The van der Waals surface area contributed by atoms with E-state index in [0.29, 0.717) is 13.0 Å². The molecule has 3 atom stereocenters. The van der Waals surface area contributed by atoms with Crippen LogP contribution in [0.25, 0.3) is 10.8 Å². The summed E-state index contributed by atoms with van der Waals surface area (Å²) in [7, 11) is 1.41. The number of esters is 1. The lowest BCUT2D eigenvalue weighted by Crippen LogP contribution is -2.45. The van der Waals surface area contributed by atoms with E-state index in [4.69, 9.17) is 14.2 Å². The summed E-state index contributed by atoms with van der Waals surface area (Å²) in [6, 6.07) is 21.3. The molecule has 3 aromatic carbocycles. The number of carbonyl (C=O) groups excluding carboxylic acids is 3. The zero-order chi connectivity index (χ0) is 30.6. The van der Waals surface area contributed by atoms with Crippen LogP contribution in [0.15, 0.2) is 66.7 Å². The quantitative estimate of drug-likeness (QED) is 0.178. The number of fused-ring (bicyclic) bond motifs is 1. The topological polar surface area (TPSA) is 94.2 Å². The van der Waals surface area contributed by atoms with Crippen molar-refractivity contribution < 1.29 is 28.6 Å². The molecule has 8 heteroatoms. The zero-order valence-corrected chi connectivity index (χ0v) is 25.6. The van der Waals surface area contributed by atoms with Gasteiger partial charge in [-0.2, -0.15) is 0 Å².